The summed E-state index contributed by atoms with van der Waals surface area (Å²) in [7, 11) is 0. The number of aromatic amines is 1. The van der Waals surface area contributed by atoms with Crippen molar-refractivity contribution in [1.82, 2.24) is 10.3 Å². The highest BCUT2D eigenvalue weighted by Gasteiger charge is 2.21. The second-order valence-electron chi connectivity index (χ2n) is 5.84. The highest BCUT2D eigenvalue weighted by atomic mass is 19.1. The van der Waals surface area contributed by atoms with E-state index in [4.69, 9.17) is 0 Å². The minimum atomic E-state index is -1.02. The molecule has 3 N–H and O–H groups in total. The Morgan fingerprint density at radius 3 is 2.60 bits per heavy atom. The Morgan fingerprint density at radius 2 is 1.92 bits per heavy atom. The van der Waals surface area contributed by atoms with Gasteiger partial charge in [0.2, 0.25) is 0 Å². The average Bonchev–Trinajstić information content (AvgIpc) is 2.93. The number of halogens is 1. The molecule has 128 valence electrons. The lowest BCUT2D eigenvalue weighted by Crippen LogP contribution is -2.27. The van der Waals surface area contributed by atoms with E-state index in [0.717, 1.165) is 0 Å². The van der Waals surface area contributed by atoms with Gasteiger partial charge in [-0.2, -0.15) is 0 Å². The van der Waals surface area contributed by atoms with E-state index < -0.39 is 17.8 Å². The molecule has 25 heavy (non-hydrogen) atoms. The summed E-state index contributed by atoms with van der Waals surface area (Å²) >= 11 is 0. The molecule has 6 heteroatoms. The fourth-order valence-corrected chi connectivity index (χ4v) is 2.89. The van der Waals surface area contributed by atoms with Crippen LogP contribution in [0.2, 0.25) is 0 Å². The summed E-state index contributed by atoms with van der Waals surface area (Å²) in [6.45, 7) is 1.76. The lowest BCUT2D eigenvalue weighted by atomic mass is 10.0. The average molecular weight is 340 g/mol. The molecule has 0 aliphatic heterocycles. The van der Waals surface area contributed by atoms with Crippen LogP contribution >= 0.6 is 0 Å². The molecule has 3 aromatic rings. The molecule has 0 aliphatic rings. The Bertz CT molecular complexity index is 934. The smallest absolute Gasteiger partial charge is 0.307 e. The standard InChI is InChI=1S/C19H17FN2O3/c1-11(21-19(25)12-5-3-2-4-6-12)18-15(10-17(23)24)14-9-13(20)7-8-16(14)22-18/h2-9,11,22H,10H2,1H3,(H,21,25)(H,23,24). The maximum atomic E-state index is 13.6. The van der Waals surface area contributed by atoms with Crippen LogP contribution in [0.3, 0.4) is 0 Å². The normalized spacial score (nSPS) is 12.1. The molecular formula is C19H17FN2O3. The number of carboxylic acids is 1. The van der Waals surface area contributed by atoms with Gasteiger partial charge in [0.25, 0.3) is 5.91 Å². The van der Waals surface area contributed by atoms with Crippen molar-refractivity contribution in [3.05, 3.63) is 71.2 Å². The molecule has 1 heterocycles. The van der Waals surface area contributed by atoms with Gasteiger partial charge in [0, 0.05) is 22.2 Å². The number of nitrogens with one attached hydrogen (secondary N) is 2. The maximum absolute atomic E-state index is 13.6. The molecule has 3 rings (SSSR count). The number of fused-ring (bicyclic) bond motifs is 1. The Balaban J connectivity index is 1.96. The van der Waals surface area contributed by atoms with E-state index in [1.54, 1.807) is 37.3 Å². The molecule has 0 saturated carbocycles. The van der Waals surface area contributed by atoms with Crippen molar-refractivity contribution in [1.29, 1.82) is 0 Å². The second-order valence-corrected chi connectivity index (χ2v) is 5.84. The molecule has 0 bridgehead atoms. The first-order valence-corrected chi connectivity index (χ1v) is 7.83. The number of carbonyl (C=O) groups is 2. The fourth-order valence-electron chi connectivity index (χ4n) is 2.89. The van der Waals surface area contributed by atoms with Crippen molar-refractivity contribution in [3.63, 3.8) is 0 Å². The third kappa shape index (κ3) is 3.52. The van der Waals surface area contributed by atoms with Crippen molar-refractivity contribution >= 4 is 22.8 Å². The lowest BCUT2D eigenvalue weighted by molar-refractivity contribution is -0.136. The number of carboxylic acid groups (broad SMARTS) is 1. The predicted molar refractivity (Wildman–Crippen MR) is 91.9 cm³/mol. The zero-order valence-corrected chi connectivity index (χ0v) is 13.5. The third-order valence-corrected chi connectivity index (χ3v) is 4.05. The van der Waals surface area contributed by atoms with Gasteiger partial charge in [-0.15, -0.1) is 0 Å². The van der Waals surface area contributed by atoms with E-state index in [1.165, 1.54) is 12.1 Å². The summed E-state index contributed by atoms with van der Waals surface area (Å²) in [5.74, 6) is -1.72. The molecule has 0 radical (unpaired) electrons. The summed E-state index contributed by atoms with van der Waals surface area (Å²) in [5.41, 5.74) is 2.18. The number of carbonyl (C=O) groups excluding carboxylic acids is 1. The number of benzene rings is 2. The van der Waals surface area contributed by atoms with Crippen molar-refractivity contribution in [2.75, 3.05) is 0 Å². The Hall–Kier alpha value is -3.15. The minimum Gasteiger partial charge on any atom is -0.481 e. The number of aliphatic carboxylic acids is 1. The number of amides is 1. The molecule has 0 aliphatic carbocycles. The van der Waals surface area contributed by atoms with Gasteiger partial charge in [0.15, 0.2) is 0 Å². The molecular weight excluding hydrogens is 323 g/mol. The van der Waals surface area contributed by atoms with E-state index in [1.807, 2.05) is 6.07 Å². The molecule has 1 atom stereocenters. The number of rotatable bonds is 5. The van der Waals surface area contributed by atoms with Crippen LogP contribution in [0.4, 0.5) is 4.39 Å². The first kappa shape index (κ1) is 16.7. The monoisotopic (exact) mass is 340 g/mol. The molecule has 5 nitrogen and oxygen atoms in total. The van der Waals surface area contributed by atoms with Crippen LogP contribution in [0.25, 0.3) is 10.9 Å². The van der Waals surface area contributed by atoms with Crippen LogP contribution in [-0.4, -0.2) is 22.0 Å². The van der Waals surface area contributed by atoms with Crippen LogP contribution in [0.5, 0.6) is 0 Å². The summed E-state index contributed by atoms with van der Waals surface area (Å²) in [6, 6.07) is 12.4. The van der Waals surface area contributed by atoms with Gasteiger partial charge in [-0.1, -0.05) is 18.2 Å². The Morgan fingerprint density at radius 1 is 1.20 bits per heavy atom. The number of hydrogen-bond donors (Lipinski definition) is 3. The molecule has 0 fully saturated rings. The first-order valence-electron chi connectivity index (χ1n) is 7.83. The van der Waals surface area contributed by atoms with E-state index in [-0.39, 0.29) is 12.3 Å². The maximum Gasteiger partial charge on any atom is 0.307 e. The number of H-pyrrole nitrogens is 1. The van der Waals surface area contributed by atoms with Crippen molar-refractivity contribution in [2.45, 2.75) is 19.4 Å². The molecule has 1 amide bonds. The quantitative estimate of drug-likeness (QED) is 0.665. The Kier molecular flexibility index (Phi) is 4.52. The van der Waals surface area contributed by atoms with Crippen molar-refractivity contribution in [3.8, 4) is 0 Å². The highest BCUT2D eigenvalue weighted by molar-refractivity contribution is 5.95. The van der Waals surface area contributed by atoms with Crippen molar-refractivity contribution in [2.24, 2.45) is 0 Å². The largest absolute Gasteiger partial charge is 0.481 e. The molecule has 0 spiro atoms. The zero-order chi connectivity index (χ0) is 18.0. The van der Waals surface area contributed by atoms with Gasteiger partial charge >= 0.3 is 5.97 Å². The van der Waals surface area contributed by atoms with Gasteiger partial charge in [0.05, 0.1) is 12.5 Å². The topological polar surface area (TPSA) is 82.2 Å². The van der Waals surface area contributed by atoms with Gasteiger partial charge < -0.3 is 15.4 Å². The summed E-state index contributed by atoms with van der Waals surface area (Å²) < 4.78 is 13.6. The molecule has 1 aromatic heterocycles. The van der Waals surface area contributed by atoms with Gasteiger partial charge in [-0.05, 0) is 42.8 Å². The third-order valence-electron chi connectivity index (χ3n) is 4.05. The fraction of sp³-hybridized carbons (Fsp3) is 0.158. The van der Waals surface area contributed by atoms with Crippen LogP contribution in [0.1, 0.15) is 34.6 Å². The van der Waals surface area contributed by atoms with Gasteiger partial charge in [0.1, 0.15) is 5.82 Å². The lowest BCUT2D eigenvalue weighted by Gasteiger charge is -2.15. The molecule has 0 saturated heterocycles. The summed E-state index contributed by atoms with van der Waals surface area (Å²) in [4.78, 5) is 26.7. The van der Waals surface area contributed by atoms with Crippen LogP contribution in [0.15, 0.2) is 48.5 Å². The zero-order valence-electron chi connectivity index (χ0n) is 13.5. The SMILES string of the molecule is CC(NC(=O)c1ccccc1)c1[nH]c2ccc(F)cc2c1CC(=O)O. The van der Waals surface area contributed by atoms with E-state index in [9.17, 15) is 19.1 Å². The summed E-state index contributed by atoms with van der Waals surface area (Å²) in [6.07, 6.45) is -0.260. The number of hydrogen-bond acceptors (Lipinski definition) is 2. The predicted octanol–water partition coefficient (Wildman–Crippen LogP) is 3.43. The van der Waals surface area contributed by atoms with E-state index in [0.29, 0.717) is 27.7 Å². The van der Waals surface area contributed by atoms with Crippen LogP contribution in [-0.2, 0) is 11.2 Å². The van der Waals surface area contributed by atoms with Gasteiger partial charge in [-0.25, -0.2) is 4.39 Å². The van der Waals surface area contributed by atoms with Crippen molar-refractivity contribution < 1.29 is 19.1 Å². The minimum absolute atomic E-state index is 0.260. The first-order chi connectivity index (χ1) is 12.0. The van der Waals surface area contributed by atoms with E-state index >= 15 is 0 Å². The summed E-state index contributed by atoms with van der Waals surface area (Å²) in [5, 5.41) is 12.5. The Labute approximate surface area is 143 Å². The second kappa shape index (κ2) is 6.76. The molecule has 2 aromatic carbocycles. The highest BCUT2D eigenvalue weighted by Crippen LogP contribution is 2.28. The van der Waals surface area contributed by atoms with Crippen LogP contribution in [0, 0.1) is 5.82 Å². The van der Waals surface area contributed by atoms with E-state index in [2.05, 4.69) is 10.3 Å². The van der Waals surface area contributed by atoms with Crippen LogP contribution < -0.4 is 5.32 Å². The van der Waals surface area contributed by atoms with Gasteiger partial charge in [-0.3, -0.25) is 9.59 Å². The number of aromatic nitrogens is 1. The molecule has 1 unspecified atom stereocenters.